The number of rotatable bonds is 3. The highest BCUT2D eigenvalue weighted by molar-refractivity contribution is 5.69. The Balaban J connectivity index is 2.53. The molecular formula is C15H11F6NO. The van der Waals surface area contributed by atoms with Gasteiger partial charge in [0.25, 0.3) is 0 Å². The average molecular weight is 335 g/mol. The van der Waals surface area contributed by atoms with Crippen molar-refractivity contribution in [2.75, 3.05) is 12.4 Å². The van der Waals surface area contributed by atoms with Gasteiger partial charge in [-0.3, -0.25) is 0 Å². The lowest BCUT2D eigenvalue weighted by molar-refractivity contribution is -0.140. The summed E-state index contributed by atoms with van der Waals surface area (Å²) in [6, 6.07) is 7.21. The van der Waals surface area contributed by atoms with Gasteiger partial charge < -0.3 is 10.1 Å². The van der Waals surface area contributed by atoms with E-state index in [1.807, 2.05) is 0 Å². The first-order valence-corrected chi connectivity index (χ1v) is 6.31. The summed E-state index contributed by atoms with van der Waals surface area (Å²) in [6.07, 6.45) is -9.55. The third-order valence-electron chi connectivity index (χ3n) is 3.03. The van der Waals surface area contributed by atoms with Crippen LogP contribution >= 0.6 is 0 Å². The number of para-hydroxylation sites is 2. The number of hydrogen-bond acceptors (Lipinski definition) is 2. The van der Waals surface area contributed by atoms with E-state index in [1.165, 1.54) is 25.3 Å². The van der Waals surface area contributed by atoms with E-state index in [2.05, 4.69) is 5.32 Å². The fourth-order valence-corrected chi connectivity index (χ4v) is 1.96. The van der Waals surface area contributed by atoms with Crippen molar-refractivity contribution in [2.45, 2.75) is 12.4 Å². The largest absolute Gasteiger partial charge is 0.495 e. The fourth-order valence-electron chi connectivity index (χ4n) is 1.96. The molecule has 0 spiro atoms. The Kier molecular flexibility index (Phi) is 4.44. The molecule has 0 aliphatic heterocycles. The lowest BCUT2D eigenvalue weighted by Gasteiger charge is -2.18. The van der Waals surface area contributed by atoms with Gasteiger partial charge in [-0.2, -0.15) is 26.3 Å². The van der Waals surface area contributed by atoms with Crippen LogP contribution in [0.5, 0.6) is 5.75 Å². The third-order valence-corrected chi connectivity index (χ3v) is 3.03. The van der Waals surface area contributed by atoms with E-state index in [-0.39, 0.29) is 11.4 Å². The van der Waals surface area contributed by atoms with E-state index >= 15 is 0 Å². The number of methoxy groups -OCH3 is 1. The van der Waals surface area contributed by atoms with Gasteiger partial charge in [-0.25, -0.2) is 0 Å². The number of benzene rings is 2. The quantitative estimate of drug-likeness (QED) is 0.750. The predicted octanol–water partition coefficient (Wildman–Crippen LogP) is 5.48. The van der Waals surface area contributed by atoms with Gasteiger partial charge in [-0.1, -0.05) is 12.1 Å². The van der Waals surface area contributed by atoms with Crippen LogP contribution in [0, 0.1) is 0 Å². The Morgan fingerprint density at radius 1 is 0.826 bits per heavy atom. The maximum Gasteiger partial charge on any atom is 0.418 e. The van der Waals surface area contributed by atoms with Crippen LogP contribution in [0.4, 0.5) is 37.7 Å². The van der Waals surface area contributed by atoms with Crippen LogP contribution in [0.3, 0.4) is 0 Å². The van der Waals surface area contributed by atoms with Gasteiger partial charge in [0.15, 0.2) is 0 Å². The minimum atomic E-state index is -4.80. The van der Waals surface area contributed by atoms with Crippen molar-refractivity contribution >= 4 is 11.4 Å². The van der Waals surface area contributed by atoms with Gasteiger partial charge in [0.05, 0.1) is 29.6 Å². The van der Waals surface area contributed by atoms with Gasteiger partial charge in [0.2, 0.25) is 0 Å². The van der Waals surface area contributed by atoms with E-state index in [4.69, 9.17) is 4.74 Å². The van der Waals surface area contributed by atoms with E-state index in [0.717, 1.165) is 0 Å². The summed E-state index contributed by atoms with van der Waals surface area (Å²) in [5.41, 5.74) is -2.95. The highest BCUT2D eigenvalue weighted by atomic mass is 19.4. The zero-order chi connectivity index (χ0) is 17.3. The van der Waals surface area contributed by atoms with Crippen LogP contribution in [0.25, 0.3) is 0 Å². The number of nitrogens with one attached hydrogen (secondary N) is 1. The van der Waals surface area contributed by atoms with E-state index < -0.39 is 29.2 Å². The third kappa shape index (κ3) is 3.88. The molecule has 2 rings (SSSR count). The van der Waals surface area contributed by atoms with Crippen LogP contribution < -0.4 is 10.1 Å². The minimum absolute atomic E-state index is 0.125. The van der Waals surface area contributed by atoms with Crippen LogP contribution in [0.2, 0.25) is 0 Å². The van der Waals surface area contributed by atoms with Gasteiger partial charge in [0, 0.05) is 0 Å². The Hall–Kier alpha value is -2.38. The topological polar surface area (TPSA) is 21.3 Å². The zero-order valence-electron chi connectivity index (χ0n) is 11.7. The number of alkyl halides is 6. The molecule has 0 radical (unpaired) electrons. The highest BCUT2D eigenvalue weighted by Crippen LogP contribution is 2.40. The molecule has 0 aromatic heterocycles. The van der Waals surface area contributed by atoms with Crippen molar-refractivity contribution in [3.63, 3.8) is 0 Å². The van der Waals surface area contributed by atoms with Gasteiger partial charge in [-0.05, 0) is 30.3 Å². The number of ether oxygens (including phenoxy) is 1. The van der Waals surface area contributed by atoms with Crippen LogP contribution in [-0.2, 0) is 12.4 Å². The molecule has 0 unspecified atom stereocenters. The normalized spacial score (nSPS) is 12.1. The van der Waals surface area contributed by atoms with Gasteiger partial charge >= 0.3 is 12.4 Å². The van der Waals surface area contributed by atoms with E-state index in [9.17, 15) is 26.3 Å². The van der Waals surface area contributed by atoms with Crippen molar-refractivity contribution in [2.24, 2.45) is 0 Å². The maximum absolute atomic E-state index is 13.0. The molecule has 1 N–H and O–H groups in total. The lowest BCUT2D eigenvalue weighted by atomic mass is 10.1. The summed E-state index contributed by atoms with van der Waals surface area (Å²) >= 11 is 0. The van der Waals surface area contributed by atoms with E-state index in [1.54, 1.807) is 6.07 Å². The smallest absolute Gasteiger partial charge is 0.418 e. The number of hydrogen-bond donors (Lipinski definition) is 1. The average Bonchev–Trinajstić information content (AvgIpc) is 2.45. The van der Waals surface area contributed by atoms with Crippen LogP contribution in [0.15, 0.2) is 42.5 Å². The van der Waals surface area contributed by atoms with Crippen molar-refractivity contribution in [1.82, 2.24) is 0 Å². The minimum Gasteiger partial charge on any atom is -0.495 e. The second kappa shape index (κ2) is 6.02. The monoisotopic (exact) mass is 335 g/mol. The van der Waals surface area contributed by atoms with Crippen LogP contribution in [0.1, 0.15) is 11.1 Å². The predicted molar refractivity (Wildman–Crippen MR) is 72.7 cm³/mol. The molecule has 0 saturated heterocycles. The molecule has 23 heavy (non-hydrogen) atoms. The van der Waals surface area contributed by atoms with Crippen molar-refractivity contribution in [3.8, 4) is 5.75 Å². The second-order valence-electron chi connectivity index (χ2n) is 4.58. The Morgan fingerprint density at radius 3 is 2.04 bits per heavy atom. The molecule has 0 atom stereocenters. The second-order valence-corrected chi connectivity index (χ2v) is 4.58. The Bertz CT molecular complexity index is 693. The summed E-state index contributed by atoms with van der Waals surface area (Å²) in [4.78, 5) is 0. The van der Waals surface area contributed by atoms with Crippen molar-refractivity contribution < 1.29 is 31.1 Å². The standard InChI is InChI=1S/C15H11F6NO/c1-23-13-5-3-2-4-11(13)22-12-8-9(14(16,17)18)6-7-10(12)15(19,20)21/h2-8,22H,1H3. The molecule has 8 heteroatoms. The lowest BCUT2D eigenvalue weighted by Crippen LogP contribution is -2.12. The molecule has 2 aromatic rings. The Labute approximate surface area is 127 Å². The molecule has 0 amide bonds. The summed E-state index contributed by atoms with van der Waals surface area (Å²) in [5, 5.41) is 2.37. The zero-order valence-corrected chi connectivity index (χ0v) is 11.7. The fraction of sp³-hybridized carbons (Fsp3) is 0.200. The summed E-state index contributed by atoms with van der Waals surface area (Å²) in [5.74, 6) is 0.207. The molecule has 2 aromatic carbocycles. The molecule has 0 aliphatic carbocycles. The van der Waals surface area contributed by atoms with Crippen molar-refractivity contribution in [3.05, 3.63) is 53.6 Å². The molecule has 124 valence electrons. The first-order valence-electron chi connectivity index (χ1n) is 6.31. The van der Waals surface area contributed by atoms with Crippen molar-refractivity contribution in [1.29, 1.82) is 0 Å². The summed E-state index contributed by atoms with van der Waals surface area (Å²) in [7, 11) is 1.30. The van der Waals surface area contributed by atoms with E-state index in [0.29, 0.717) is 18.2 Å². The highest BCUT2D eigenvalue weighted by Gasteiger charge is 2.37. The molecule has 0 fully saturated rings. The SMILES string of the molecule is COc1ccccc1Nc1cc(C(F)(F)F)ccc1C(F)(F)F. The van der Waals surface area contributed by atoms with Gasteiger partial charge in [-0.15, -0.1) is 0 Å². The summed E-state index contributed by atoms with van der Waals surface area (Å²) < 4.78 is 82.2. The van der Waals surface area contributed by atoms with Gasteiger partial charge in [0.1, 0.15) is 5.75 Å². The molecule has 0 heterocycles. The summed E-state index contributed by atoms with van der Waals surface area (Å²) in [6.45, 7) is 0. The maximum atomic E-state index is 13.0. The number of halogens is 6. The molecule has 0 bridgehead atoms. The molecule has 0 saturated carbocycles. The first-order chi connectivity index (χ1) is 10.6. The molecule has 2 nitrogen and oxygen atoms in total. The number of anilines is 2. The molecular weight excluding hydrogens is 324 g/mol. The van der Waals surface area contributed by atoms with Crippen LogP contribution in [-0.4, -0.2) is 7.11 Å². The first kappa shape index (κ1) is 17.0. The molecule has 0 aliphatic rings. The Morgan fingerprint density at radius 2 is 1.48 bits per heavy atom.